The van der Waals surface area contributed by atoms with Crippen LogP contribution in [0.3, 0.4) is 0 Å². The molecule has 0 saturated carbocycles. The summed E-state index contributed by atoms with van der Waals surface area (Å²) < 4.78 is 34.1. The van der Waals surface area contributed by atoms with E-state index >= 15 is 0 Å². The first kappa shape index (κ1) is 18.1. The summed E-state index contributed by atoms with van der Waals surface area (Å²) in [7, 11) is -5.17. The molecule has 0 amide bonds. The summed E-state index contributed by atoms with van der Waals surface area (Å²) in [4.78, 5) is 0. The zero-order chi connectivity index (χ0) is 11.3. The van der Waals surface area contributed by atoms with Crippen LogP contribution in [0.1, 0.15) is 13.8 Å². The molecule has 0 heterocycles. The maximum absolute atomic E-state index is 8.52. The molecule has 0 aromatic rings. The largest absolute Gasteiger partial charge is 0.759 e. The van der Waals surface area contributed by atoms with Crippen molar-refractivity contribution in [3.8, 4) is 0 Å². The second-order valence-corrected chi connectivity index (χ2v) is 2.36. The van der Waals surface area contributed by atoms with Gasteiger partial charge in [-0.05, 0) is 26.0 Å². The summed E-state index contributed by atoms with van der Waals surface area (Å²) in [5, 5.41) is 0. The Bertz CT molecular complexity index is 195. The molecule has 0 aromatic heterocycles. The van der Waals surface area contributed by atoms with Gasteiger partial charge in [0.25, 0.3) is 0 Å². The van der Waals surface area contributed by atoms with E-state index < -0.39 is 10.4 Å². The van der Waals surface area contributed by atoms with Crippen molar-refractivity contribution in [3.05, 3.63) is 24.6 Å². The molecule has 0 atom stereocenters. The minimum absolute atomic E-state index is 1.75. The summed E-state index contributed by atoms with van der Waals surface area (Å²) in [6.07, 6.45) is 7.28. The third kappa shape index (κ3) is 600. The van der Waals surface area contributed by atoms with Crippen molar-refractivity contribution in [2.75, 3.05) is 0 Å². The average molecular weight is 212 g/mol. The van der Waals surface area contributed by atoms with Gasteiger partial charge in [0.1, 0.15) is 0 Å². The van der Waals surface area contributed by atoms with Gasteiger partial charge in [-0.25, -0.2) is 0 Å². The predicted molar refractivity (Wildman–Crippen MR) is 45.9 cm³/mol. The van der Waals surface area contributed by atoms with Crippen LogP contribution < -0.4 is 11.5 Å². The maximum atomic E-state index is 8.52. The predicted octanol–water partition coefficient (Wildman–Crippen LogP) is -1.81. The summed E-state index contributed by atoms with van der Waals surface area (Å²) in [6, 6.07) is 0. The Morgan fingerprint density at radius 1 is 1.00 bits per heavy atom. The monoisotopic (exact) mass is 212 g/mol. The highest BCUT2D eigenvalue weighted by Gasteiger charge is 1.49. The molecule has 7 heteroatoms. The highest BCUT2D eigenvalue weighted by Crippen LogP contribution is 1.57. The van der Waals surface area contributed by atoms with Gasteiger partial charge >= 0.3 is 0 Å². The zero-order valence-electron chi connectivity index (χ0n) is 7.76. The number of quaternary nitrogens is 2. The van der Waals surface area contributed by atoms with Crippen molar-refractivity contribution in [3.63, 3.8) is 0 Å². The maximum Gasteiger partial charge on any atom is 0.0865 e. The Kier molecular flexibility index (Phi) is 19.3. The molecule has 13 heavy (non-hydrogen) atoms. The second kappa shape index (κ2) is 13.8. The second-order valence-electron chi connectivity index (χ2n) is 1.55. The topological polar surface area (TPSA) is 136 Å². The molecule has 0 aliphatic carbocycles. The van der Waals surface area contributed by atoms with E-state index in [-0.39, 0.29) is 0 Å². The SMILES string of the molecule is CC=C[NH3+].CC=C[NH3+].O=S(=O)([O-])[O-]. The molecule has 0 unspecified atom stereocenters. The number of hydrogen-bond donors (Lipinski definition) is 2. The Hall–Kier alpha value is -0.730. The van der Waals surface area contributed by atoms with E-state index in [4.69, 9.17) is 17.5 Å². The van der Waals surface area contributed by atoms with Crippen LogP contribution in [-0.4, -0.2) is 17.5 Å². The highest BCUT2D eigenvalue weighted by molar-refractivity contribution is 7.79. The molecule has 0 radical (unpaired) electrons. The Morgan fingerprint density at radius 3 is 1.08 bits per heavy atom. The highest BCUT2D eigenvalue weighted by atomic mass is 32.3. The lowest BCUT2D eigenvalue weighted by Gasteiger charge is -2.06. The summed E-state index contributed by atoms with van der Waals surface area (Å²) in [5.74, 6) is 0. The fraction of sp³-hybridized carbons (Fsp3) is 0.333. The fourth-order valence-electron chi connectivity index (χ4n) is 0. The molecule has 0 spiro atoms. The number of hydrogen-bond acceptors (Lipinski definition) is 4. The molecule has 0 saturated heterocycles. The van der Waals surface area contributed by atoms with Gasteiger partial charge in [0, 0.05) is 10.4 Å². The van der Waals surface area contributed by atoms with E-state index in [1.165, 1.54) is 0 Å². The van der Waals surface area contributed by atoms with E-state index in [0.717, 1.165) is 0 Å². The van der Waals surface area contributed by atoms with Crippen LogP contribution in [0.15, 0.2) is 24.6 Å². The molecule has 0 bridgehead atoms. The van der Waals surface area contributed by atoms with Crippen molar-refractivity contribution in [1.29, 1.82) is 0 Å². The smallest absolute Gasteiger partial charge is 0.0865 e. The van der Waals surface area contributed by atoms with Gasteiger partial charge in [0.15, 0.2) is 0 Å². The molecule has 0 aliphatic rings. The van der Waals surface area contributed by atoms with E-state index in [1.54, 1.807) is 12.4 Å². The molecule has 80 valence electrons. The standard InChI is InChI=1S/2C3H7N.H2O4S/c2*1-2-3-4;1-5(2,3)4/h2*2-3H,4H2,1H3;(H2,1,2,3,4). The van der Waals surface area contributed by atoms with E-state index in [0.29, 0.717) is 0 Å². The summed E-state index contributed by atoms with van der Waals surface area (Å²) in [6.45, 7) is 3.88. The summed E-state index contributed by atoms with van der Waals surface area (Å²) in [5.41, 5.74) is 6.85. The van der Waals surface area contributed by atoms with Crippen LogP contribution in [0.2, 0.25) is 0 Å². The minimum Gasteiger partial charge on any atom is -0.759 e. The number of rotatable bonds is 0. The van der Waals surface area contributed by atoms with Crippen LogP contribution in [0.4, 0.5) is 0 Å². The normalized spacial score (nSPS) is 10.3. The Balaban J connectivity index is -0.000000117. The Labute approximate surface area is 78.5 Å². The van der Waals surface area contributed by atoms with Gasteiger partial charge in [-0.1, -0.05) is 0 Å². The van der Waals surface area contributed by atoms with Crippen molar-refractivity contribution in [2.24, 2.45) is 0 Å². The van der Waals surface area contributed by atoms with E-state index in [1.807, 2.05) is 26.0 Å². The molecule has 0 aliphatic heterocycles. The van der Waals surface area contributed by atoms with Crippen LogP contribution in [0.5, 0.6) is 0 Å². The molecule has 0 fully saturated rings. The third-order valence-corrected chi connectivity index (χ3v) is 0.471. The van der Waals surface area contributed by atoms with Gasteiger partial charge < -0.3 is 20.6 Å². The zero-order valence-corrected chi connectivity index (χ0v) is 8.58. The third-order valence-electron chi connectivity index (χ3n) is 0.471. The van der Waals surface area contributed by atoms with Gasteiger partial charge in [0.2, 0.25) is 0 Å². The number of allylic oxidation sites excluding steroid dienone is 2. The first-order chi connectivity index (χ1) is 5.83. The van der Waals surface area contributed by atoms with Crippen LogP contribution >= 0.6 is 0 Å². The molecular weight excluding hydrogens is 196 g/mol. The molecule has 6 N–H and O–H groups in total. The van der Waals surface area contributed by atoms with Crippen molar-refractivity contribution in [2.45, 2.75) is 13.8 Å². The lowest BCUT2D eigenvalue weighted by atomic mass is 10.7. The fourth-order valence-corrected chi connectivity index (χ4v) is 0. The van der Waals surface area contributed by atoms with E-state index in [2.05, 4.69) is 11.5 Å². The quantitative estimate of drug-likeness (QED) is 0.361. The van der Waals surface area contributed by atoms with Gasteiger partial charge in [-0.2, -0.15) is 0 Å². The first-order valence-corrected chi connectivity index (χ1v) is 4.64. The lowest BCUT2D eigenvalue weighted by molar-refractivity contribution is -0.275. The van der Waals surface area contributed by atoms with Crippen molar-refractivity contribution in [1.82, 2.24) is 0 Å². The summed E-state index contributed by atoms with van der Waals surface area (Å²) >= 11 is 0. The molecule has 0 rings (SSSR count). The van der Waals surface area contributed by atoms with Gasteiger partial charge in [0.05, 0.1) is 12.4 Å². The lowest BCUT2D eigenvalue weighted by Crippen LogP contribution is -2.38. The average Bonchev–Trinajstić information content (AvgIpc) is 2.01. The first-order valence-electron chi connectivity index (χ1n) is 3.30. The van der Waals surface area contributed by atoms with Crippen LogP contribution in [0.25, 0.3) is 0 Å². The van der Waals surface area contributed by atoms with Crippen LogP contribution in [-0.2, 0) is 10.4 Å². The van der Waals surface area contributed by atoms with Gasteiger partial charge in [-0.3, -0.25) is 8.42 Å². The molecular formula is C6H16N2O4S. The van der Waals surface area contributed by atoms with Crippen molar-refractivity contribution >= 4 is 10.4 Å². The Morgan fingerprint density at radius 2 is 1.08 bits per heavy atom. The van der Waals surface area contributed by atoms with Gasteiger partial charge in [-0.15, -0.1) is 0 Å². The minimum atomic E-state index is -5.17. The van der Waals surface area contributed by atoms with Crippen molar-refractivity contribution < 1.29 is 29.0 Å². The van der Waals surface area contributed by atoms with Crippen LogP contribution in [0, 0.1) is 0 Å². The molecule has 6 nitrogen and oxygen atoms in total. The van der Waals surface area contributed by atoms with E-state index in [9.17, 15) is 0 Å². The molecule has 0 aromatic carbocycles.